The van der Waals surface area contributed by atoms with E-state index in [1.165, 1.54) is 0 Å². The van der Waals surface area contributed by atoms with Gasteiger partial charge < -0.3 is 5.73 Å². The summed E-state index contributed by atoms with van der Waals surface area (Å²) >= 11 is 0. The standard InChI is InChI=1S/C7H12N2/c1-6-4-3-5-7(2,8)9-6/h3-4H,5,8H2,1-2H3. The minimum absolute atomic E-state index is 0.348. The van der Waals surface area contributed by atoms with Gasteiger partial charge in [-0.3, -0.25) is 4.99 Å². The fourth-order valence-electron chi connectivity index (χ4n) is 0.954. The van der Waals surface area contributed by atoms with E-state index in [1.807, 2.05) is 19.9 Å². The monoisotopic (exact) mass is 124 g/mol. The van der Waals surface area contributed by atoms with Crippen molar-refractivity contribution in [2.45, 2.75) is 25.9 Å². The van der Waals surface area contributed by atoms with Gasteiger partial charge in [-0.1, -0.05) is 6.08 Å². The normalized spacial score (nSPS) is 34.3. The summed E-state index contributed by atoms with van der Waals surface area (Å²) in [6, 6.07) is 0. The van der Waals surface area contributed by atoms with Crippen LogP contribution in [0.1, 0.15) is 20.3 Å². The average molecular weight is 124 g/mol. The van der Waals surface area contributed by atoms with Gasteiger partial charge in [0.05, 0.1) is 0 Å². The Bertz CT molecular complexity index is 166. The van der Waals surface area contributed by atoms with Gasteiger partial charge >= 0.3 is 0 Å². The Morgan fingerprint density at radius 3 is 2.78 bits per heavy atom. The first-order chi connectivity index (χ1) is 4.10. The highest BCUT2D eigenvalue weighted by molar-refractivity contribution is 5.93. The topological polar surface area (TPSA) is 38.4 Å². The van der Waals surface area contributed by atoms with Crippen LogP contribution >= 0.6 is 0 Å². The summed E-state index contributed by atoms with van der Waals surface area (Å²) in [5.41, 5.74) is 6.40. The van der Waals surface area contributed by atoms with Crippen LogP contribution in [-0.4, -0.2) is 11.4 Å². The second-order valence-electron chi connectivity index (χ2n) is 2.72. The number of hydrogen-bond acceptors (Lipinski definition) is 2. The van der Waals surface area contributed by atoms with Crippen LogP contribution in [0.25, 0.3) is 0 Å². The summed E-state index contributed by atoms with van der Waals surface area (Å²) < 4.78 is 0. The zero-order valence-electron chi connectivity index (χ0n) is 5.89. The number of allylic oxidation sites excluding steroid dienone is 1. The van der Waals surface area contributed by atoms with Crippen molar-refractivity contribution >= 4 is 5.71 Å². The van der Waals surface area contributed by atoms with Crippen molar-refractivity contribution in [2.75, 3.05) is 0 Å². The van der Waals surface area contributed by atoms with Crippen LogP contribution in [0, 0.1) is 0 Å². The number of dihydropyridines is 1. The third-order valence-corrected chi connectivity index (χ3v) is 1.32. The first-order valence-corrected chi connectivity index (χ1v) is 3.12. The van der Waals surface area contributed by atoms with Gasteiger partial charge in [0.15, 0.2) is 0 Å². The fraction of sp³-hybridized carbons (Fsp3) is 0.571. The van der Waals surface area contributed by atoms with Gasteiger partial charge in [0.1, 0.15) is 5.66 Å². The van der Waals surface area contributed by atoms with E-state index in [9.17, 15) is 0 Å². The molecule has 1 atom stereocenters. The largest absolute Gasteiger partial charge is 0.307 e. The van der Waals surface area contributed by atoms with Gasteiger partial charge in [-0.25, -0.2) is 0 Å². The zero-order valence-corrected chi connectivity index (χ0v) is 5.89. The maximum absolute atomic E-state index is 5.73. The number of nitrogens with zero attached hydrogens (tertiary/aromatic N) is 1. The maximum Gasteiger partial charge on any atom is 0.109 e. The molecule has 0 saturated carbocycles. The maximum atomic E-state index is 5.73. The molecule has 0 aromatic heterocycles. The van der Waals surface area contributed by atoms with Crippen molar-refractivity contribution in [1.29, 1.82) is 0 Å². The molecule has 9 heavy (non-hydrogen) atoms. The Morgan fingerprint density at radius 1 is 1.78 bits per heavy atom. The molecule has 1 unspecified atom stereocenters. The minimum Gasteiger partial charge on any atom is -0.307 e. The summed E-state index contributed by atoms with van der Waals surface area (Å²) in [6.07, 6.45) is 4.90. The molecule has 0 saturated heterocycles. The Hall–Kier alpha value is -0.630. The van der Waals surface area contributed by atoms with Crippen LogP contribution in [-0.2, 0) is 0 Å². The highest BCUT2D eigenvalue weighted by atomic mass is 15.0. The third-order valence-electron chi connectivity index (χ3n) is 1.32. The molecule has 2 heteroatoms. The van der Waals surface area contributed by atoms with Gasteiger partial charge in [-0.2, -0.15) is 0 Å². The lowest BCUT2D eigenvalue weighted by atomic mass is 10.1. The predicted molar refractivity (Wildman–Crippen MR) is 39.5 cm³/mol. The molecular formula is C7H12N2. The smallest absolute Gasteiger partial charge is 0.109 e. The molecule has 1 aliphatic heterocycles. The lowest BCUT2D eigenvalue weighted by molar-refractivity contribution is 0.497. The second kappa shape index (κ2) is 1.95. The van der Waals surface area contributed by atoms with Gasteiger partial charge in [0.2, 0.25) is 0 Å². The summed E-state index contributed by atoms with van der Waals surface area (Å²) in [7, 11) is 0. The Kier molecular flexibility index (Phi) is 1.41. The number of hydrogen-bond donors (Lipinski definition) is 1. The Morgan fingerprint density at radius 2 is 2.44 bits per heavy atom. The molecule has 2 N–H and O–H groups in total. The van der Waals surface area contributed by atoms with Crippen LogP contribution < -0.4 is 5.73 Å². The van der Waals surface area contributed by atoms with Gasteiger partial charge in [-0.15, -0.1) is 0 Å². The van der Waals surface area contributed by atoms with Crippen molar-refractivity contribution in [3.63, 3.8) is 0 Å². The molecule has 2 nitrogen and oxygen atoms in total. The number of nitrogens with two attached hydrogens (primary N) is 1. The molecule has 0 radical (unpaired) electrons. The van der Waals surface area contributed by atoms with E-state index in [0.717, 1.165) is 12.1 Å². The van der Waals surface area contributed by atoms with Crippen LogP contribution in [0.5, 0.6) is 0 Å². The molecule has 0 spiro atoms. The lowest BCUT2D eigenvalue weighted by Gasteiger charge is -2.21. The van der Waals surface area contributed by atoms with Crippen LogP contribution in [0.2, 0.25) is 0 Å². The number of aliphatic imine (C=N–C) groups is 1. The van der Waals surface area contributed by atoms with Crippen molar-refractivity contribution in [3.05, 3.63) is 12.2 Å². The molecule has 0 aliphatic carbocycles. The van der Waals surface area contributed by atoms with Crippen LogP contribution in [0.15, 0.2) is 17.1 Å². The van der Waals surface area contributed by atoms with Crippen molar-refractivity contribution in [2.24, 2.45) is 10.7 Å². The van der Waals surface area contributed by atoms with Gasteiger partial charge in [0, 0.05) is 12.1 Å². The highest BCUT2D eigenvalue weighted by Gasteiger charge is 2.16. The van der Waals surface area contributed by atoms with E-state index in [0.29, 0.717) is 0 Å². The summed E-state index contributed by atoms with van der Waals surface area (Å²) in [4.78, 5) is 4.22. The van der Waals surface area contributed by atoms with Crippen LogP contribution in [0.4, 0.5) is 0 Å². The van der Waals surface area contributed by atoms with Gasteiger partial charge in [0.25, 0.3) is 0 Å². The van der Waals surface area contributed by atoms with Crippen molar-refractivity contribution in [1.82, 2.24) is 0 Å². The van der Waals surface area contributed by atoms with E-state index < -0.39 is 0 Å². The molecule has 0 aromatic carbocycles. The lowest BCUT2D eigenvalue weighted by Crippen LogP contribution is -2.35. The Labute approximate surface area is 55.5 Å². The van der Waals surface area contributed by atoms with Crippen molar-refractivity contribution < 1.29 is 0 Å². The SMILES string of the molecule is CC1=NC(C)(N)CC=C1. The number of rotatable bonds is 0. The molecule has 1 rings (SSSR count). The predicted octanol–water partition coefficient (Wildman–Crippen LogP) is 1.08. The molecule has 0 fully saturated rings. The molecule has 0 aromatic rings. The van der Waals surface area contributed by atoms with Crippen LogP contribution in [0.3, 0.4) is 0 Å². The van der Waals surface area contributed by atoms with Gasteiger partial charge in [-0.05, 0) is 19.9 Å². The van der Waals surface area contributed by atoms with E-state index in [4.69, 9.17) is 5.73 Å². The fourth-order valence-corrected chi connectivity index (χ4v) is 0.954. The zero-order chi connectivity index (χ0) is 6.91. The highest BCUT2D eigenvalue weighted by Crippen LogP contribution is 2.12. The van der Waals surface area contributed by atoms with Crippen molar-refractivity contribution in [3.8, 4) is 0 Å². The average Bonchev–Trinajstić information content (AvgIpc) is 1.60. The second-order valence-corrected chi connectivity index (χ2v) is 2.72. The first kappa shape index (κ1) is 6.49. The Balaban J connectivity index is 2.78. The molecule has 50 valence electrons. The summed E-state index contributed by atoms with van der Waals surface area (Å²) in [6.45, 7) is 3.89. The van der Waals surface area contributed by atoms with E-state index in [2.05, 4.69) is 11.1 Å². The third kappa shape index (κ3) is 1.64. The quantitative estimate of drug-likeness (QED) is 0.515. The molecule has 1 aliphatic rings. The molecule has 0 amide bonds. The summed E-state index contributed by atoms with van der Waals surface area (Å²) in [5.74, 6) is 0. The van der Waals surface area contributed by atoms with E-state index in [-0.39, 0.29) is 5.66 Å². The minimum atomic E-state index is -0.348. The molecule has 0 bridgehead atoms. The first-order valence-electron chi connectivity index (χ1n) is 3.12. The molecule has 1 heterocycles. The summed E-state index contributed by atoms with van der Waals surface area (Å²) in [5, 5.41) is 0. The van der Waals surface area contributed by atoms with E-state index >= 15 is 0 Å². The van der Waals surface area contributed by atoms with E-state index in [1.54, 1.807) is 0 Å². The molecular weight excluding hydrogens is 112 g/mol.